The van der Waals surface area contributed by atoms with E-state index in [1.165, 1.54) is 30.3 Å². The number of benzene rings is 2. The molecule has 0 unspecified atom stereocenters. The van der Waals surface area contributed by atoms with E-state index in [1.807, 2.05) is 0 Å². The summed E-state index contributed by atoms with van der Waals surface area (Å²) in [5, 5.41) is 0.543. The van der Waals surface area contributed by atoms with Crippen LogP contribution in [0.3, 0.4) is 0 Å². The lowest BCUT2D eigenvalue weighted by Crippen LogP contribution is -2.60. The molecule has 2 bridgehead atoms. The Labute approximate surface area is 283 Å². The smallest absolute Gasteiger partial charge is 0.273 e. The van der Waals surface area contributed by atoms with Crippen LogP contribution in [0.2, 0.25) is 10.0 Å². The molecule has 0 N–H and O–H groups in total. The molecule has 1 saturated carbocycles. The fraction of sp³-hybridized carbons (Fsp3) is 0.308. The topological polar surface area (TPSA) is 74.8 Å². The molecular formula is C26H14Cl9FN2O4. The standard InChI is InChI=1S/C26H14Cl9FN2O4/c27-8-7-15(18(39)10-1-4-12(36)5-2-10)37(21(40)11-3-6-13(28)14(29)9-11)38-22(41)16-17(23(38)42)25(33)20(31)19(30)24(16,32)26(25,34)35/h1-6,9,15-17H,7-8H2/t15-,16+,17+,24+,25+/m0/s1. The fourth-order valence-corrected chi connectivity index (χ4v) is 9.03. The van der Waals surface area contributed by atoms with Gasteiger partial charge in [-0.15, -0.1) is 34.8 Å². The third-order valence-electron chi connectivity index (χ3n) is 7.58. The molecule has 0 aromatic heterocycles. The first-order valence-electron chi connectivity index (χ1n) is 11.9. The number of hydrazine groups is 1. The van der Waals surface area contributed by atoms with Crippen LogP contribution < -0.4 is 0 Å². The van der Waals surface area contributed by atoms with Gasteiger partial charge in [-0.05, 0) is 48.9 Å². The van der Waals surface area contributed by atoms with E-state index in [1.54, 1.807) is 0 Å². The van der Waals surface area contributed by atoms with Gasteiger partial charge in [0.2, 0.25) is 0 Å². The van der Waals surface area contributed by atoms with Crippen molar-refractivity contribution in [2.24, 2.45) is 11.8 Å². The zero-order valence-electron chi connectivity index (χ0n) is 20.5. The molecule has 16 heteroatoms. The van der Waals surface area contributed by atoms with Crippen molar-refractivity contribution >= 4 is 128 Å². The third-order valence-corrected chi connectivity index (χ3v) is 12.8. The van der Waals surface area contributed by atoms with Crippen molar-refractivity contribution in [3.63, 3.8) is 0 Å². The zero-order valence-corrected chi connectivity index (χ0v) is 27.3. The molecule has 5 rings (SSSR count). The second-order valence-electron chi connectivity index (χ2n) is 9.71. The van der Waals surface area contributed by atoms with Crippen LogP contribution in [-0.4, -0.2) is 59.5 Å². The maximum atomic E-state index is 14.2. The third kappa shape index (κ3) is 4.26. The van der Waals surface area contributed by atoms with E-state index in [0.717, 1.165) is 12.1 Å². The predicted molar refractivity (Wildman–Crippen MR) is 162 cm³/mol. The van der Waals surface area contributed by atoms with Crippen molar-refractivity contribution in [1.82, 2.24) is 10.0 Å². The first-order chi connectivity index (χ1) is 19.6. The largest absolute Gasteiger partial charge is 0.292 e. The molecule has 42 heavy (non-hydrogen) atoms. The Bertz CT molecular complexity index is 1540. The fourth-order valence-electron chi connectivity index (χ4n) is 5.60. The van der Waals surface area contributed by atoms with Gasteiger partial charge < -0.3 is 0 Å². The molecule has 1 saturated heterocycles. The molecule has 0 spiro atoms. The number of carbonyl (C=O) groups is 4. The zero-order chi connectivity index (χ0) is 31.1. The summed E-state index contributed by atoms with van der Waals surface area (Å²) in [7, 11) is 0. The van der Waals surface area contributed by atoms with Crippen molar-refractivity contribution < 1.29 is 23.6 Å². The van der Waals surface area contributed by atoms with E-state index in [0.29, 0.717) is 10.0 Å². The van der Waals surface area contributed by atoms with Crippen LogP contribution in [0.25, 0.3) is 0 Å². The van der Waals surface area contributed by atoms with E-state index in [4.69, 9.17) is 104 Å². The Kier molecular flexibility index (Phi) is 8.57. The number of nitrogens with zero attached hydrogens (tertiary/aromatic N) is 2. The molecule has 3 aliphatic rings. The Hall–Kier alpha value is -1.000. The molecule has 2 aliphatic carbocycles. The van der Waals surface area contributed by atoms with E-state index < -0.39 is 61.3 Å². The van der Waals surface area contributed by atoms with E-state index in [9.17, 15) is 23.6 Å². The van der Waals surface area contributed by atoms with Gasteiger partial charge in [-0.3, -0.25) is 19.2 Å². The molecule has 222 valence electrons. The minimum Gasteiger partial charge on any atom is -0.292 e. The van der Waals surface area contributed by atoms with Crippen molar-refractivity contribution in [1.29, 1.82) is 0 Å². The number of Topliss-reactive ketones (excluding diaryl/α,β-unsaturated/α-hetero) is 1. The van der Waals surface area contributed by atoms with E-state index in [2.05, 4.69) is 0 Å². The lowest BCUT2D eigenvalue weighted by atomic mass is 9.84. The van der Waals surface area contributed by atoms with Crippen LogP contribution in [0.15, 0.2) is 52.5 Å². The number of alkyl halides is 5. The molecule has 1 aliphatic heterocycles. The molecule has 6 nitrogen and oxygen atoms in total. The first-order valence-corrected chi connectivity index (χ1v) is 15.5. The van der Waals surface area contributed by atoms with Crippen molar-refractivity contribution in [3.05, 3.63) is 79.5 Å². The van der Waals surface area contributed by atoms with Crippen LogP contribution in [0, 0.1) is 17.7 Å². The number of hydrogen-bond acceptors (Lipinski definition) is 4. The van der Waals surface area contributed by atoms with Gasteiger partial charge in [0.05, 0.1) is 31.9 Å². The Balaban J connectivity index is 1.68. The predicted octanol–water partition coefficient (Wildman–Crippen LogP) is 7.82. The summed E-state index contributed by atoms with van der Waals surface area (Å²) in [4.78, 5) is 52.0. The highest BCUT2D eigenvalue weighted by molar-refractivity contribution is 6.66. The van der Waals surface area contributed by atoms with Crippen LogP contribution in [-0.2, 0) is 9.59 Å². The minimum absolute atomic E-state index is 0.0218. The quantitative estimate of drug-likeness (QED) is 0.164. The number of ketones is 1. The number of halogens is 10. The SMILES string of the molecule is O=C(c1ccc(F)cc1)[C@H](CCCl)N(C(=O)c1ccc(Cl)c(Cl)c1)N1C(=O)[C@H]2[C@H](C1=O)[C@@]1(Cl)C(Cl)=C(Cl)[C@@]2(Cl)C1(Cl)Cl. The minimum atomic E-state index is -2.22. The molecule has 2 fully saturated rings. The average molecular weight is 756 g/mol. The molecule has 0 radical (unpaired) electrons. The number of carbonyl (C=O) groups excluding carboxylic acids is 4. The highest BCUT2D eigenvalue weighted by Crippen LogP contribution is 2.77. The summed E-state index contributed by atoms with van der Waals surface area (Å²) in [5.41, 5.74) is -0.176. The van der Waals surface area contributed by atoms with Gasteiger partial charge >= 0.3 is 0 Å². The highest BCUT2D eigenvalue weighted by atomic mass is 35.5. The summed E-state index contributed by atoms with van der Waals surface area (Å²) in [5.74, 6) is -7.91. The normalized spacial score (nSPS) is 28.4. The van der Waals surface area contributed by atoms with Crippen LogP contribution in [0.5, 0.6) is 0 Å². The van der Waals surface area contributed by atoms with Gasteiger partial charge in [0, 0.05) is 17.0 Å². The lowest BCUT2D eigenvalue weighted by Gasteiger charge is -2.39. The number of amides is 3. The first kappa shape index (κ1) is 32.4. The van der Waals surface area contributed by atoms with Crippen LogP contribution in [0.1, 0.15) is 27.1 Å². The van der Waals surface area contributed by atoms with Gasteiger partial charge in [0.1, 0.15) is 21.6 Å². The number of rotatable bonds is 7. The maximum Gasteiger partial charge on any atom is 0.273 e. The summed E-state index contributed by atoms with van der Waals surface area (Å²) in [6.45, 7) is 0. The molecule has 3 amide bonds. The monoisotopic (exact) mass is 752 g/mol. The summed E-state index contributed by atoms with van der Waals surface area (Å²) >= 11 is 57.8. The van der Waals surface area contributed by atoms with Crippen molar-refractivity contribution in [2.75, 3.05) is 5.88 Å². The van der Waals surface area contributed by atoms with Gasteiger partial charge in [-0.25, -0.2) is 9.40 Å². The van der Waals surface area contributed by atoms with Gasteiger partial charge in [-0.1, -0.05) is 69.6 Å². The molecule has 1 heterocycles. The summed E-state index contributed by atoms with van der Waals surface area (Å²) in [6, 6.07) is 6.67. The Morgan fingerprint density at radius 1 is 0.833 bits per heavy atom. The number of hydrogen-bond donors (Lipinski definition) is 0. The van der Waals surface area contributed by atoms with Gasteiger partial charge in [0.15, 0.2) is 10.1 Å². The summed E-state index contributed by atoms with van der Waals surface area (Å²) in [6.07, 6.45) is -0.246. The summed E-state index contributed by atoms with van der Waals surface area (Å²) < 4.78 is 11.4. The average Bonchev–Trinajstić information content (AvgIpc) is 3.33. The van der Waals surface area contributed by atoms with Crippen LogP contribution in [0.4, 0.5) is 4.39 Å². The maximum absolute atomic E-state index is 14.2. The number of fused-ring (bicyclic) bond motifs is 5. The molecule has 2 aromatic rings. The van der Waals surface area contributed by atoms with E-state index in [-0.39, 0.29) is 43.5 Å². The molecule has 2 aromatic carbocycles. The van der Waals surface area contributed by atoms with Crippen molar-refractivity contribution in [2.45, 2.75) is 26.5 Å². The van der Waals surface area contributed by atoms with Crippen LogP contribution >= 0.6 is 104 Å². The highest BCUT2D eigenvalue weighted by Gasteiger charge is 2.88. The Morgan fingerprint density at radius 3 is 1.81 bits per heavy atom. The molecule has 5 atom stereocenters. The number of allylic oxidation sites excluding steroid dienone is 2. The lowest BCUT2D eigenvalue weighted by molar-refractivity contribution is -0.157. The second-order valence-corrected chi connectivity index (χ2v) is 14.2. The Morgan fingerprint density at radius 2 is 1.33 bits per heavy atom. The number of imide groups is 1. The van der Waals surface area contributed by atoms with Gasteiger partial charge in [0.25, 0.3) is 17.7 Å². The molecular weight excluding hydrogens is 742 g/mol. The van der Waals surface area contributed by atoms with Gasteiger partial charge in [-0.2, -0.15) is 5.01 Å². The van der Waals surface area contributed by atoms with Crippen molar-refractivity contribution in [3.8, 4) is 0 Å². The second kappa shape index (κ2) is 11.1. The van der Waals surface area contributed by atoms with E-state index >= 15 is 0 Å².